The van der Waals surface area contributed by atoms with Gasteiger partial charge in [-0.2, -0.15) is 0 Å². The molecule has 0 aliphatic heterocycles. The summed E-state index contributed by atoms with van der Waals surface area (Å²) in [4.78, 5) is 116. The van der Waals surface area contributed by atoms with Gasteiger partial charge in [0.15, 0.2) is 0 Å². The van der Waals surface area contributed by atoms with Gasteiger partial charge in [0.05, 0.1) is 6.04 Å². The van der Waals surface area contributed by atoms with Crippen LogP contribution in [-0.4, -0.2) is 131 Å². The number of aliphatic carboxylic acids is 3. The maximum atomic E-state index is 13.9. The Bertz CT molecular complexity index is 1430. The van der Waals surface area contributed by atoms with Crippen LogP contribution in [0.5, 0.6) is 0 Å². The van der Waals surface area contributed by atoms with Crippen molar-refractivity contribution < 1.29 is 58.5 Å². The molecule has 0 aliphatic rings. The molecule has 0 heterocycles. The van der Waals surface area contributed by atoms with Crippen molar-refractivity contribution in [2.75, 3.05) is 19.6 Å². The summed E-state index contributed by atoms with van der Waals surface area (Å²) in [5.41, 5.74) is 23.0. The minimum Gasteiger partial charge on any atom is -0.481 e. The maximum absolute atomic E-state index is 13.9. The SMILES string of the molecule is CC(C)CC(N)C(=O)NC(CCCCN)C(=O)NC(CCC(=O)O)C(=O)NC(CCCCN)C(=O)NC(CCCCN)C(=O)NC(CCC(=O)O)C(=O)NC(C(=O)O)C(C)C. The van der Waals surface area contributed by atoms with Crippen molar-refractivity contribution in [3.63, 3.8) is 0 Å². The van der Waals surface area contributed by atoms with E-state index >= 15 is 0 Å². The van der Waals surface area contributed by atoms with E-state index in [1.165, 1.54) is 0 Å². The molecule has 0 aromatic rings. The summed E-state index contributed by atoms with van der Waals surface area (Å²) in [6.07, 6.45) is 0.938. The Hall–Kier alpha value is -4.93. The number of hydrogen-bond donors (Lipinski definition) is 13. The molecule has 0 aromatic carbocycles. The molecule has 0 aromatic heterocycles. The zero-order valence-corrected chi connectivity index (χ0v) is 36.0. The number of carbonyl (C=O) groups excluding carboxylic acids is 6. The fourth-order valence-corrected chi connectivity index (χ4v) is 6.11. The molecule has 0 aliphatic carbocycles. The van der Waals surface area contributed by atoms with Crippen LogP contribution in [-0.2, 0) is 43.2 Å². The van der Waals surface area contributed by atoms with E-state index in [1.54, 1.807) is 13.8 Å². The molecule has 17 N–H and O–H groups in total. The Balaban J connectivity index is 6.58. The van der Waals surface area contributed by atoms with Crippen LogP contribution < -0.4 is 54.8 Å². The zero-order chi connectivity index (χ0) is 46.7. The number of carboxylic acids is 3. The second-order valence-electron chi connectivity index (χ2n) is 15.8. The summed E-state index contributed by atoms with van der Waals surface area (Å²) in [6, 6.07) is -9.14. The number of amides is 6. The summed E-state index contributed by atoms with van der Waals surface area (Å²) >= 11 is 0. The molecule has 22 heteroatoms. The van der Waals surface area contributed by atoms with Gasteiger partial charge in [-0.1, -0.05) is 27.7 Å². The Morgan fingerprint density at radius 1 is 0.443 bits per heavy atom. The maximum Gasteiger partial charge on any atom is 0.326 e. The average Bonchev–Trinajstić information content (AvgIpc) is 3.17. The first-order valence-electron chi connectivity index (χ1n) is 21.0. The number of unbranched alkanes of at least 4 members (excludes halogenated alkanes) is 3. The molecule has 22 nitrogen and oxygen atoms in total. The third-order valence-corrected chi connectivity index (χ3v) is 9.59. The third kappa shape index (κ3) is 24.2. The summed E-state index contributed by atoms with van der Waals surface area (Å²) < 4.78 is 0. The van der Waals surface area contributed by atoms with Gasteiger partial charge in [0.1, 0.15) is 36.3 Å². The highest BCUT2D eigenvalue weighted by molar-refractivity contribution is 5.97. The Kier molecular flexibility index (Phi) is 28.5. The van der Waals surface area contributed by atoms with Gasteiger partial charge < -0.3 is 70.2 Å². The molecule has 0 saturated heterocycles. The lowest BCUT2D eigenvalue weighted by Gasteiger charge is -2.28. The van der Waals surface area contributed by atoms with Crippen LogP contribution in [0.1, 0.15) is 118 Å². The van der Waals surface area contributed by atoms with Crippen LogP contribution >= 0.6 is 0 Å². The van der Waals surface area contributed by atoms with E-state index in [0.717, 1.165) is 0 Å². The molecule has 0 bridgehead atoms. The topological polar surface area (TPSA) is 391 Å². The first-order valence-corrected chi connectivity index (χ1v) is 21.0. The normalized spacial score (nSPS) is 14.7. The molecule has 0 saturated carbocycles. The van der Waals surface area contributed by atoms with E-state index in [-0.39, 0.29) is 38.3 Å². The molecule has 0 radical (unpaired) electrons. The van der Waals surface area contributed by atoms with Crippen molar-refractivity contribution in [1.29, 1.82) is 0 Å². The van der Waals surface area contributed by atoms with Gasteiger partial charge in [-0.05, 0) is 109 Å². The number of hydrogen-bond acceptors (Lipinski definition) is 13. The zero-order valence-electron chi connectivity index (χ0n) is 36.0. The monoisotopic (exact) mass is 873 g/mol. The van der Waals surface area contributed by atoms with E-state index in [1.807, 2.05) is 13.8 Å². The summed E-state index contributed by atoms with van der Waals surface area (Å²) in [5, 5.41) is 43.4. The molecule has 0 fully saturated rings. The lowest BCUT2D eigenvalue weighted by molar-refractivity contribution is -0.144. The van der Waals surface area contributed by atoms with Gasteiger partial charge in [0.2, 0.25) is 35.4 Å². The minimum absolute atomic E-state index is 0.00750. The Labute approximate surface area is 357 Å². The van der Waals surface area contributed by atoms with Gasteiger partial charge in [-0.3, -0.25) is 38.4 Å². The highest BCUT2D eigenvalue weighted by Crippen LogP contribution is 2.11. The third-order valence-electron chi connectivity index (χ3n) is 9.59. The van der Waals surface area contributed by atoms with Crippen molar-refractivity contribution in [3.05, 3.63) is 0 Å². The van der Waals surface area contributed by atoms with Crippen molar-refractivity contribution in [1.82, 2.24) is 31.9 Å². The van der Waals surface area contributed by atoms with E-state index in [2.05, 4.69) is 31.9 Å². The van der Waals surface area contributed by atoms with Gasteiger partial charge in [-0.15, -0.1) is 0 Å². The number of carboxylic acid groups (broad SMARTS) is 3. The summed E-state index contributed by atoms with van der Waals surface area (Å²) in [6.45, 7) is 7.63. The molecule has 61 heavy (non-hydrogen) atoms. The lowest BCUT2D eigenvalue weighted by atomic mass is 10.0. The lowest BCUT2D eigenvalue weighted by Crippen LogP contribution is -2.60. The number of rotatable bonds is 34. The molecule has 6 amide bonds. The van der Waals surface area contributed by atoms with Crippen LogP contribution in [0, 0.1) is 11.8 Å². The molecule has 0 spiro atoms. The van der Waals surface area contributed by atoms with E-state index < -0.39 is 127 Å². The van der Waals surface area contributed by atoms with Gasteiger partial charge in [0.25, 0.3) is 0 Å². The predicted octanol–water partition coefficient (Wildman–Crippen LogP) is -1.87. The van der Waals surface area contributed by atoms with E-state index in [0.29, 0.717) is 51.5 Å². The van der Waals surface area contributed by atoms with Gasteiger partial charge in [-0.25, -0.2) is 4.79 Å². The highest BCUT2D eigenvalue weighted by atomic mass is 16.4. The molecule has 0 rings (SSSR count). The van der Waals surface area contributed by atoms with Crippen LogP contribution in [0.15, 0.2) is 0 Å². The smallest absolute Gasteiger partial charge is 0.326 e. The van der Waals surface area contributed by atoms with Gasteiger partial charge >= 0.3 is 17.9 Å². The molecule has 7 atom stereocenters. The summed E-state index contributed by atoms with van der Waals surface area (Å²) in [7, 11) is 0. The van der Waals surface area contributed by atoms with Crippen molar-refractivity contribution >= 4 is 53.4 Å². The number of nitrogens with two attached hydrogens (primary N) is 4. The minimum atomic E-state index is -1.51. The van der Waals surface area contributed by atoms with Crippen LogP contribution in [0.4, 0.5) is 0 Å². The van der Waals surface area contributed by atoms with Crippen LogP contribution in [0.25, 0.3) is 0 Å². The van der Waals surface area contributed by atoms with Crippen molar-refractivity contribution in [2.24, 2.45) is 34.8 Å². The summed E-state index contributed by atoms with van der Waals surface area (Å²) in [5.74, 6) is -9.43. The first kappa shape index (κ1) is 56.1. The fourth-order valence-electron chi connectivity index (χ4n) is 6.11. The molecule has 350 valence electrons. The molecule has 7 unspecified atom stereocenters. The van der Waals surface area contributed by atoms with Gasteiger partial charge in [0, 0.05) is 12.8 Å². The Morgan fingerprint density at radius 2 is 0.738 bits per heavy atom. The number of carbonyl (C=O) groups is 9. The second-order valence-corrected chi connectivity index (χ2v) is 15.8. The molecular weight excluding hydrogens is 800 g/mol. The molecular formula is C39H72N10O12. The van der Waals surface area contributed by atoms with E-state index in [4.69, 9.17) is 22.9 Å². The average molecular weight is 873 g/mol. The largest absolute Gasteiger partial charge is 0.481 e. The Morgan fingerprint density at radius 3 is 1.00 bits per heavy atom. The highest BCUT2D eigenvalue weighted by Gasteiger charge is 2.34. The predicted molar refractivity (Wildman–Crippen MR) is 224 cm³/mol. The fraction of sp³-hybridized carbons (Fsp3) is 0.769. The van der Waals surface area contributed by atoms with E-state index in [9.17, 15) is 58.5 Å². The van der Waals surface area contributed by atoms with Crippen LogP contribution in [0.3, 0.4) is 0 Å². The first-order chi connectivity index (χ1) is 28.7. The number of nitrogens with one attached hydrogen (secondary N) is 6. The standard InChI is InChI=1S/C39H72N10O12/c1-22(2)21-24(43)33(54)44-25(11-5-8-18-40)34(55)47-28(14-16-30(50)51)37(58)46-26(12-6-9-19-41)35(56)45-27(13-7-10-20-42)36(57)48-29(15-17-31(52)53)38(59)49-32(23(3)4)39(60)61/h22-29,32H,5-21,40-43H2,1-4H3,(H,44,54)(H,45,56)(H,46,58)(H,47,55)(H,48,57)(H,49,59)(H,50,51)(H,52,53)(H,60,61). The van der Waals surface area contributed by atoms with Crippen molar-refractivity contribution in [3.8, 4) is 0 Å². The quantitative estimate of drug-likeness (QED) is 0.0315. The second kappa shape index (κ2) is 31.0. The van der Waals surface area contributed by atoms with Crippen LogP contribution in [0.2, 0.25) is 0 Å². The van der Waals surface area contributed by atoms with Crippen molar-refractivity contribution in [2.45, 2.75) is 160 Å².